The van der Waals surface area contributed by atoms with Crippen LogP contribution >= 0.6 is 11.6 Å². The fraction of sp³-hybridized carbons (Fsp3) is 0.583. The summed E-state index contributed by atoms with van der Waals surface area (Å²) in [6.45, 7) is 24.8. The number of nitrogens with zero attached hydrogens (tertiary/aromatic N) is 6. The summed E-state index contributed by atoms with van der Waals surface area (Å²) in [5.41, 5.74) is 4.16. The summed E-state index contributed by atoms with van der Waals surface area (Å²) in [5.74, 6) is 0.191. The molecule has 4 heterocycles. The molecule has 402 valence electrons. The molecule has 2 saturated heterocycles. The SMILES string of the molecule is CC1=C(c2ccc([C@H](C)NC(=O)C3C[C@@H](O)CC3C(=O)C(NC(=O)CN3CCC(CCN4CCN(c5ccc(C(=O)CC6C(C)(C)C(Oc7ccc(C#N)c(Cl)c7)C6(C)C)cn5)CC4)CC3)C(C)(C)C)cc2)CC=N1. The third-order valence-corrected chi connectivity index (χ3v) is 17.7. The Morgan fingerprint density at radius 2 is 1.59 bits per heavy atom. The van der Waals surface area contributed by atoms with Crippen LogP contribution in [0, 0.1) is 51.2 Å². The van der Waals surface area contributed by atoms with Gasteiger partial charge in [0.05, 0.1) is 41.2 Å². The normalized spacial score (nSPS) is 24.8. The molecule has 3 unspecified atom stereocenters. The molecule has 3 aliphatic heterocycles. The minimum Gasteiger partial charge on any atom is -0.489 e. The monoisotopic (exact) mass is 1040 g/mol. The third-order valence-electron chi connectivity index (χ3n) is 17.4. The molecule has 4 fully saturated rings. The number of benzene rings is 2. The van der Waals surface area contributed by atoms with Gasteiger partial charge in [0.25, 0.3) is 0 Å². The van der Waals surface area contributed by atoms with Crippen molar-refractivity contribution in [1.29, 1.82) is 5.26 Å². The van der Waals surface area contributed by atoms with Crippen LogP contribution in [0.3, 0.4) is 0 Å². The summed E-state index contributed by atoms with van der Waals surface area (Å²) in [7, 11) is 0. The number of ketones is 2. The zero-order valence-corrected chi connectivity index (χ0v) is 46.4. The number of likely N-dealkylation sites (tertiary alicyclic amines) is 1. The highest BCUT2D eigenvalue weighted by Gasteiger charge is 2.63. The lowest BCUT2D eigenvalue weighted by Gasteiger charge is -2.63. The molecule has 2 aromatic carbocycles. The molecule has 0 spiro atoms. The van der Waals surface area contributed by atoms with E-state index in [1.54, 1.807) is 24.4 Å². The van der Waals surface area contributed by atoms with Crippen LogP contribution in [-0.2, 0) is 14.4 Å². The second-order valence-electron chi connectivity index (χ2n) is 24.4. The van der Waals surface area contributed by atoms with Gasteiger partial charge in [-0.05, 0) is 124 Å². The molecule has 2 saturated carbocycles. The highest BCUT2D eigenvalue weighted by molar-refractivity contribution is 6.31. The van der Waals surface area contributed by atoms with E-state index in [9.17, 15) is 29.5 Å². The molecule has 75 heavy (non-hydrogen) atoms. The molecule has 14 nitrogen and oxygen atoms in total. The van der Waals surface area contributed by atoms with Gasteiger partial charge >= 0.3 is 0 Å². The van der Waals surface area contributed by atoms with E-state index in [0.29, 0.717) is 34.2 Å². The van der Waals surface area contributed by atoms with Crippen LogP contribution in [0.2, 0.25) is 5.02 Å². The Bertz CT molecular complexity index is 2660. The van der Waals surface area contributed by atoms with Crippen LogP contribution in [0.4, 0.5) is 5.82 Å². The number of hydrogen-bond acceptors (Lipinski definition) is 12. The number of aliphatic imine (C=N–C) groups is 1. The molecule has 5 aliphatic rings. The Morgan fingerprint density at radius 3 is 2.19 bits per heavy atom. The summed E-state index contributed by atoms with van der Waals surface area (Å²) in [4.78, 5) is 71.7. The van der Waals surface area contributed by atoms with Gasteiger partial charge in [-0.1, -0.05) is 84.3 Å². The quantitative estimate of drug-likeness (QED) is 0.103. The largest absolute Gasteiger partial charge is 0.489 e. The first kappa shape index (κ1) is 55.8. The van der Waals surface area contributed by atoms with E-state index in [4.69, 9.17) is 21.3 Å². The van der Waals surface area contributed by atoms with E-state index < -0.39 is 29.4 Å². The fourth-order valence-electron chi connectivity index (χ4n) is 13.0. The second-order valence-corrected chi connectivity index (χ2v) is 24.8. The van der Waals surface area contributed by atoms with Crippen molar-refractivity contribution in [1.82, 2.24) is 25.4 Å². The highest BCUT2D eigenvalue weighted by Crippen LogP contribution is 2.62. The number of pyridine rings is 1. The first-order valence-corrected chi connectivity index (χ1v) is 27.6. The lowest BCUT2D eigenvalue weighted by Crippen LogP contribution is -2.66. The Kier molecular flexibility index (Phi) is 17.1. The van der Waals surface area contributed by atoms with Crippen molar-refractivity contribution in [3.05, 3.63) is 93.8 Å². The number of amides is 2. The maximum absolute atomic E-state index is 14.4. The summed E-state index contributed by atoms with van der Waals surface area (Å²) in [6, 6.07) is 18.1. The van der Waals surface area contributed by atoms with Crippen molar-refractivity contribution in [2.75, 3.05) is 57.3 Å². The molecule has 3 aromatic rings. The van der Waals surface area contributed by atoms with Gasteiger partial charge in [-0.3, -0.25) is 34.0 Å². The number of aliphatic hydroxyl groups is 1. The predicted molar refractivity (Wildman–Crippen MR) is 295 cm³/mol. The highest BCUT2D eigenvalue weighted by atomic mass is 35.5. The number of allylic oxidation sites excluding steroid dienone is 2. The molecule has 0 bridgehead atoms. The van der Waals surface area contributed by atoms with E-state index in [0.717, 1.165) is 94.1 Å². The average Bonchev–Trinajstić information content (AvgIpc) is 4.00. The minimum absolute atomic E-state index is 0.0754. The number of hydrogen-bond donors (Lipinski definition) is 3. The van der Waals surface area contributed by atoms with Crippen molar-refractivity contribution >= 4 is 52.6 Å². The number of nitrogens with one attached hydrogen (secondary N) is 2. The van der Waals surface area contributed by atoms with Gasteiger partial charge in [-0.15, -0.1) is 0 Å². The smallest absolute Gasteiger partial charge is 0.234 e. The zero-order chi connectivity index (χ0) is 54.0. The van der Waals surface area contributed by atoms with Gasteiger partial charge in [0, 0.05) is 85.5 Å². The standard InChI is InChI=1S/C60H79ClN8O6/c1-37(40-10-12-41(13-11-40)46-18-22-63-38(46)2)65-56(74)48-31-44(70)30-47(48)54(73)55(58(3,4)5)66-53(72)36-68-24-20-39(21-25-68)19-23-67-26-28-69(29-27-67)52-17-15-43(35-64-52)50(71)33-51-59(6,7)57(60(51,8)9)75-45-16-14-42(34-62)49(61)32-45/h10-17,22,32,35,37,39,44,47-48,51,55,57,70H,18-21,23-31,33,36H2,1-9H3,(H,65,74)(H,66,72)/t37-,44-,47?,48?,51?,55?,57?/m0/s1. The maximum Gasteiger partial charge on any atom is 0.234 e. The predicted octanol–water partition coefficient (Wildman–Crippen LogP) is 9.10. The van der Waals surface area contributed by atoms with Gasteiger partial charge in [0.2, 0.25) is 11.8 Å². The molecule has 8 rings (SSSR count). The number of rotatable bonds is 18. The number of piperazine rings is 1. The maximum atomic E-state index is 14.4. The lowest BCUT2D eigenvalue weighted by molar-refractivity contribution is -0.196. The number of carbonyl (C=O) groups is 4. The van der Waals surface area contributed by atoms with Crippen LogP contribution in [0.25, 0.3) is 5.57 Å². The number of carbonyl (C=O) groups excluding carboxylic acids is 4. The topological polar surface area (TPSA) is 181 Å². The van der Waals surface area contributed by atoms with Crippen molar-refractivity contribution in [2.45, 2.75) is 132 Å². The summed E-state index contributed by atoms with van der Waals surface area (Å²) in [5, 5.41) is 26.6. The number of ether oxygens (including phenoxy) is 1. The Labute approximate surface area is 449 Å². The Balaban J connectivity index is 0.742. The van der Waals surface area contributed by atoms with Crippen LogP contribution in [0.15, 0.2) is 71.5 Å². The van der Waals surface area contributed by atoms with Gasteiger partial charge in [0.1, 0.15) is 23.7 Å². The molecule has 3 N–H and O–H groups in total. The molecule has 2 amide bonds. The Hall–Kier alpha value is -5.46. The summed E-state index contributed by atoms with van der Waals surface area (Å²) >= 11 is 6.28. The van der Waals surface area contributed by atoms with E-state index in [1.807, 2.05) is 65.1 Å². The van der Waals surface area contributed by atoms with E-state index >= 15 is 0 Å². The van der Waals surface area contributed by atoms with E-state index in [-0.39, 0.29) is 71.7 Å². The number of halogens is 1. The number of Topliss-reactive ketones (excluding diaryl/α,β-unsaturated/α-hetero) is 2. The molecule has 0 radical (unpaired) electrons. The van der Waals surface area contributed by atoms with Crippen LogP contribution < -0.4 is 20.3 Å². The molecule has 2 aliphatic carbocycles. The van der Waals surface area contributed by atoms with E-state index in [1.165, 1.54) is 5.57 Å². The number of piperidine rings is 1. The Morgan fingerprint density at radius 1 is 0.907 bits per heavy atom. The number of nitriles is 1. The van der Waals surface area contributed by atoms with Gasteiger partial charge in [0.15, 0.2) is 11.6 Å². The molecular formula is C60H79ClN8O6. The molecular weight excluding hydrogens is 964 g/mol. The average molecular weight is 1040 g/mol. The molecule has 5 atom stereocenters. The molecule has 15 heteroatoms. The lowest BCUT2D eigenvalue weighted by atomic mass is 9.44. The van der Waals surface area contributed by atoms with Crippen molar-refractivity contribution in [3.63, 3.8) is 0 Å². The second kappa shape index (κ2) is 23.0. The summed E-state index contributed by atoms with van der Waals surface area (Å²) in [6.07, 6.45) is 7.44. The first-order valence-electron chi connectivity index (χ1n) is 27.2. The van der Waals surface area contributed by atoms with Gasteiger partial charge in [-0.2, -0.15) is 5.26 Å². The third kappa shape index (κ3) is 12.7. The van der Waals surface area contributed by atoms with Crippen molar-refractivity contribution in [2.24, 2.45) is 44.9 Å². The summed E-state index contributed by atoms with van der Waals surface area (Å²) < 4.78 is 6.43. The fourth-order valence-corrected chi connectivity index (χ4v) is 13.2. The number of aromatic nitrogens is 1. The van der Waals surface area contributed by atoms with E-state index in [2.05, 4.69) is 76.2 Å². The van der Waals surface area contributed by atoms with Gasteiger partial charge < -0.3 is 25.4 Å². The zero-order valence-electron chi connectivity index (χ0n) is 45.6. The van der Waals surface area contributed by atoms with Crippen LogP contribution in [0.5, 0.6) is 5.75 Å². The minimum atomic E-state index is -0.807. The van der Waals surface area contributed by atoms with Crippen LogP contribution in [0.1, 0.15) is 140 Å². The first-order chi connectivity index (χ1) is 35.5. The van der Waals surface area contributed by atoms with Crippen molar-refractivity contribution < 1.29 is 29.0 Å². The van der Waals surface area contributed by atoms with Crippen molar-refractivity contribution in [3.8, 4) is 11.8 Å². The van der Waals surface area contributed by atoms with Gasteiger partial charge in [-0.25, -0.2) is 4.98 Å². The number of aliphatic hydroxyl groups excluding tert-OH is 1. The molecule has 1 aromatic heterocycles. The number of anilines is 1. The van der Waals surface area contributed by atoms with Crippen LogP contribution in [-0.4, -0.2) is 120 Å².